The molecule has 1 aliphatic rings. The van der Waals surface area contributed by atoms with Gasteiger partial charge in [-0.1, -0.05) is 26.0 Å². The molecule has 0 aliphatic heterocycles. The van der Waals surface area contributed by atoms with Crippen LogP contribution in [0.3, 0.4) is 0 Å². The van der Waals surface area contributed by atoms with Crippen molar-refractivity contribution in [1.82, 2.24) is 0 Å². The Morgan fingerprint density at radius 1 is 1.44 bits per heavy atom. The summed E-state index contributed by atoms with van der Waals surface area (Å²) in [6.07, 6.45) is 6.69. The molecule has 1 nitrogen and oxygen atoms in total. The zero-order valence-corrected chi connectivity index (χ0v) is 6.22. The van der Waals surface area contributed by atoms with Gasteiger partial charge in [-0.2, -0.15) is 0 Å². The Labute approximate surface area is 56.9 Å². The van der Waals surface area contributed by atoms with Crippen molar-refractivity contribution in [2.45, 2.75) is 32.2 Å². The lowest BCUT2D eigenvalue weighted by Crippen LogP contribution is -2.17. The van der Waals surface area contributed by atoms with Crippen LogP contribution in [0.1, 0.15) is 26.7 Å². The quantitative estimate of drug-likeness (QED) is 0.558. The summed E-state index contributed by atoms with van der Waals surface area (Å²) < 4.78 is 0. The molecule has 2 N–H and O–H groups in total. The van der Waals surface area contributed by atoms with Gasteiger partial charge >= 0.3 is 0 Å². The average Bonchev–Trinajstić information content (AvgIpc) is 2.45. The topological polar surface area (TPSA) is 26.0 Å². The van der Waals surface area contributed by atoms with Crippen LogP contribution in [0.15, 0.2) is 12.2 Å². The van der Waals surface area contributed by atoms with E-state index in [1.54, 1.807) is 0 Å². The van der Waals surface area contributed by atoms with Crippen molar-refractivity contribution in [2.24, 2.45) is 11.7 Å². The molecule has 9 heavy (non-hydrogen) atoms. The summed E-state index contributed by atoms with van der Waals surface area (Å²) >= 11 is 0. The zero-order chi connectivity index (χ0) is 6.91. The van der Waals surface area contributed by atoms with Crippen LogP contribution in [0.25, 0.3) is 0 Å². The molecule has 0 aromatic rings. The number of allylic oxidation sites excluding steroid dienone is 1. The van der Waals surface area contributed by atoms with Crippen LogP contribution >= 0.6 is 0 Å². The predicted octanol–water partition coefficient (Wildman–Crippen LogP) is 1.69. The van der Waals surface area contributed by atoms with Gasteiger partial charge < -0.3 is 5.73 Å². The van der Waals surface area contributed by atoms with Crippen molar-refractivity contribution < 1.29 is 0 Å². The Kier molecular flexibility index (Phi) is 1.62. The van der Waals surface area contributed by atoms with Gasteiger partial charge in [-0.25, -0.2) is 0 Å². The first-order chi connectivity index (χ1) is 4.12. The molecule has 0 unspecified atom stereocenters. The van der Waals surface area contributed by atoms with Gasteiger partial charge in [-0.05, 0) is 18.8 Å². The SMILES string of the molecule is CC(C)/C=C\C1(N)CC1. The molecule has 1 saturated carbocycles. The number of rotatable bonds is 2. The number of hydrogen-bond donors (Lipinski definition) is 1. The van der Waals surface area contributed by atoms with Crippen molar-refractivity contribution in [1.29, 1.82) is 0 Å². The molecule has 1 heteroatoms. The fourth-order valence-electron chi connectivity index (χ4n) is 0.695. The van der Waals surface area contributed by atoms with Crippen molar-refractivity contribution in [3.8, 4) is 0 Å². The number of hydrogen-bond acceptors (Lipinski definition) is 1. The molecule has 1 fully saturated rings. The third-order valence-electron chi connectivity index (χ3n) is 1.64. The lowest BCUT2D eigenvalue weighted by atomic mass is 10.1. The van der Waals surface area contributed by atoms with Crippen LogP contribution < -0.4 is 5.73 Å². The molecule has 0 heterocycles. The van der Waals surface area contributed by atoms with Gasteiger partial charge in [-0.15, -0.1) is 0 Å². The second-order valence-electron chi connectivity index (χ2n) is 3.34. The summed E-state index contributed by atoms with van der Waals surface area (Å²) in [6.45, 7) is 4.34. The second kappa shape index (κ2) is 2.14. The lowest BCUT2D eigenvalue weighted by molar-refractivity contribution is 0.791. The van der Waals surface area contributed by atoms with Crippen LogP contribution in [-0.4, -0.2) is 5.54 Å². The highest BCUT2D eigenvalue weighted by Gasteiger charge is 2.34. The van der Waals surface area contributed by atoms with E-state index in [9.17, 15) is 0 Å². The van der Waals surface area contributed by atoms with Gasteiger partial charge in [0.15, 0.2) is 0 Å². The fraction of sp³-hybridized carbons (Fsp3) is 0.750. The first-order valence-corrected chi connectivity index (χ1v) is 3.61. The minimum atomic E-state index is 0.101. The molecule has 0 aromatic carbocycles. The average molecular weight is 125 g/mol. The first-order valence-electron chi connectivity index (χ1n) is 3.61. The minimum absolute atomic E-state index is 0.101. The standard InChI is InChI=1S/C8H15N/c1-7(2)3-4-8(9)5-6-8/h3-4,7H,5-6,9H2,1-2H3/b4-3-. The van der Waals surface area contributed by atoms with E-state index < -0.39 is 0 Å². The van der Waals surface area contributed by atoms with E-state index in [1.807, 2.05) is 0 Å². The second-order valence-corrected chi connectivity index (χ2v) is 3.34. The normalized spacial score (nSPS) is 23.6. The number of nitrogens with two attached hydrogens (primary N) is 1. The van der Waals surface area contributed by atoms with E-state index in [4.69, 9.17) is 5.73 Å². The van der Waals surface area contributed by atoms with Crippen LogP contribution in [0.2, 0.25) is 0 Å². The maximum Gasteiger partial charge on any atom is 0.0340 e. The molecular weight excluding hydrogens is 110 g/mol. The van der Waals surface area contributed by atoms with Crippen molar-refractivity contribution in [2.75, 3.05) is 0 Å². The van der Waals surface area contributed by atoms with E-state index in [-0.39, 0.29) is 5.54 Å². The largest absolute Gasteiger partial charge is 0.322 e. The monoisotopic (exact) mass is 125 g/mol. The first kappa shape index (κ1) is 6.81. The highest BCUT2D eigenvalue weighted by atomic mass is 14.8. The third kappa shape index (κ3) is 2.19. The van der Waals surface area contributed by atoms with Gasteiger partial charge in [0.25, 0.3) is 0 Å². The van der Waals surface area contributed by atoms with Gasteiger partial charge in [0.2, 0.25) is 0 Å². The summed E-state index contributed by atoms with van der Waals surface area (Å²) in [7, 11) is 0. The molecule has 0 bridgehead atoms. The molecule has 0 saturated heterocycles. The third-order valence-corrected chi connectivity index (χ3v) is 1.64. The molecule has 0 amide bonds. The van der Waals surface area contributed by atoms with Crippen molar-refractivity contribution in [3.05, 3.63) is 12.2 Å². The molecule has 1 rings (SSSR count). The predicted molar refractivity (Wildman–Crippen MR) is 40.1 cm³/mol. The Morgan fingerprint density at radius 3 is 2.33 bits per heavy atom. The van der Waals surface area contributed by atoms with Gasteiger partial charge in [0.1, 0.15) is 0 Å². The molecule has 0 atom stereocenters. The van der Waals surface area contributed by atoms with Crippen LogP contribution in [0, 0.1) is 5.92 Å². The Bertz CT molecular complexity index is 121. The van der Waals surface area contributed by atoms with Gasteiger partial charge in [-0.3, -0.25) is 0 Å². The highest BCUT2D eigenvalue weighted by molar-refractivity contribution is 5.15. The highest BCUT2D eigenvalue weighted by Crippen LogP contribution is 2.33. The van der Waals surface area contributed by atoms with Crippen molar-refractivity contribution >= 4 is 0 Å². The van der Waals surface area contributed by atoms with E-state index >= 15 is 0 Å². The van der Waals surface area contributed by atoms with E-state index in [0.29, 0.717) is 5.92 Å². The maximum absolute atomic E-state index is 5.81. The Morgan fingerprint density at radius 2 is 2.00 bits per heavy atom. The summed E-state index contributed by atoms with van der Waals surface area (Å²) in [5.41, 5.74) is 5.91. The summed E-state index contributed by atoms with van der Waals surface area (Å²) in [5.74, 6) is 0.644. The van der Waals surface area contributed by atoms with E-state index in [2.05, 4.69) is 26.0 Å². The summed E-state index contributed by atoms with van der Waals surface area (Å²) in [4.78, 5) is 0. The van der Waals surface area contributed by atoms with Gasteiger partial charge in [0, 0.05) is 5.54 Å². The summed E-state index contributed by atoms with van der Waals surface area (Å²) in [5, 5.41) is 0. The molecule has 52 valence electrons. The van der Waals surface area contributed by atoms with Gasteiger partial charge in [0.05, 0.1) is 0 Å². The van der Waals surface area contributed by atoms with Crippen LogP contribution in [0.5, 0.6) is 0 Å². The van der Waals surface area contributed by atoms with E-state index in [1.165, 1.54) is 12.8 Å². The Balaban J connectivity index is 2.31. The maximum atomic E-state index is 5.81. The molecule has 0 spiro atoms. The lowest BCUT2D eigenvalue weighted by Gasteiger charge is -1.99. The van der Waals surface area contributed by atoms with Crippen LogP contribution in [-0.2, 0) is 0 Å². The van der Waals surface area contributed by atoms with E-state index in [0.717, 1.165) is 0 Å². The fourth-order valence-corrected chi connectivity index (χ4v) is 0.695. The van der Waals surface area contributed by atoms with Crippen molar-refractivity contribution in [3.63, 3.8) is 0 Å². The minimum Gasteiger partial charge on any atom is -0.322 e. The molecular formula is C8H15N. The molecule has 1 aliphatic carbocycles. The summed E-state index contributed by atoms with van der Waals surface area (Å²) in [6, 6.07) is 0. The smallest absolute Gasteiger partial charge is 0.0340 e. The zero-order valence-electron chi connectivity index (χ0n) is 6.22. The van der Waals surface area contributed by atoms with Crippen LogP contribution in [0.4, 0.5) is 0 Å². The Hall–Kier alpha value is -0.300. The molecule has 0 radical (unpaired) electrons. The molecule has 0 aromatic heterocycles.